The summed E-state index contributed by atoms with van der Waals surface area (Å²) in [6, 6.07) is 9.66. The summed E-state index contributed by atoms with van der Waals surface area (Å²) < 4.78 is 6.12. The predicted molar refractivity (Wildman–Crippen MR) is 73.1 cm³/mol. The maximum Gasteiger partial charge on any atom is 0.410 e. The van der Waals surface area contributed by atoms with Crippen LogP contribution in [0.15, 0.2) is 39.3 Å². The van der Waals surface area contributed by atoms with E-state index in [1.165, 1.54) is 5.57 Å². The Balaban J connectivity index is 1.78. The van der Waals surface area contributed by atoms with Gasteiger partial charge in [0.25, 0.3) is 0 Å². The van der Waals surface area contributed by atoms with Gasteiger partial charge in [-0.3, -0.25) is 4.90 Å². The number of amides is 1. The lowest BCUT2D eigenvalue weighted by atomic mass is 10.1. The van der Waals surface area contributed by atoms with E-state index in [4.69, 9.17) is 4.74 Å². The largest absolute Gasteiger partial charge is 0.445 e. The zero-order chi connectivity index (χ0) is 12.3. The van der Waals surface area contributed by atoms with Crippen LogP contribution in [0.5, 0.6) is 0 Å². The number of rotatable bonds is 2. The lowest BCUT2D eigenvalue weighted by molar-refractivity contribution is 0.0904. The Morgan fingerprint density at radius 1 is 1.24 bits per heavy atom. The topological polar surface area (TPSA) is 29.5 Å². The van der Waals surface area contributed by atoms with Crippen LogP contribution in [0.2, 0.25) is 0 Å². The third-order valence-electron chi connectivity index (χ3n) is 2.49. The third kappa shape index (κ3) is 3.33. The van der Waals surface area contributed by atoms with Gasteiger partial charge >= 0.3 is 6.09 Å². The summed E-state index contributed by atoms with van der Waals surface area (Å²) in [5.74, 6) is 0. The monoisotopic (exact) mass is 359 g/mol. The first-order valence-corrected chi connectivity index (χ1v) is 6.74. The van der Waals surface area contributed by atoms with Crippen LogP contribution in [0.25, 0.3) is 0 Å². The van der Waals surface area contributed by atoms with E-state index < -0.39 is 0 Å². The second-order valence-electron chi connectivity index (χ2n) is 3.76. The molecule has 1 saturated heterocycles. The molecule has 0 N–H and O–H groups in total. The highest BCUT2D eigenvalue weighted by Gasteiger charge is 2.27. The minimum absolute atomic E-state index is 0.265. The van der Waals surface area contributed by atoms with Crippen LogP contribution in [-0.4, -0.2) is 24.1 Å². The number of carbonyl (C=O) groups excluding carboxylic acids is 1. The molecule has 1 aliphatic heterocycles. The molecule has 1 fully saturated rings. The fourth-order valence-corrected chi connectivity index (χ4v) is 1.98. The van der Waals surface area contributed by atoms with Crippen molar-refractivity contribution in [1.82, 2.24) is 4.90 Å². The van der Waals surface area contributed by atoms with Crippen molar-refractivity contribution in [2.75, 3.05) is 13.1 Å². The van der Waals surface area contributed by atoms with Gasteiger partial charge in [-0.05, 0) is 43.0 Å². The predicted octanol–water partition coefficient (Wildman–Crippen LogP) is 3.64. The maximum atomic E-state index is 11.6. The van der Waals surface area contributed by atoms with Gasteiger partial charge in [0.15, 0.2) is 0 Å². The number of hydrogen-bond donors (Lipinski definition) is 0. The molecule has 0 saturated carbocycles. The lowest BCUT2D eigenvalue weighted by Gasteiger charge is -2.33. The smallest absolute Gasteiger partial charge is 0.410 e. The quantitative estimate of drug-likeness (QED) is 0.805. The van der Waals surface area contributed by atoms with Gasteiger partial charge < -0.3 is 4.74 Å². The molecular formula is C12H11Br2NO2. The maximum absolute atomic E-state index is 11.6. The minimum Gasteiger partial charge on any atom is -0.445 e. The molecule has 0 radical (unpaired) electrons. The van der Waals surface area contributed by atoms with Crippen molar-refractivity contribution in [3.8, 4) is 0 Å². The Morgan fingerprint density at radius 3 is 2.47 bits per heavy atom. The van der Waals surface area contributed by atoms with Crippen LogP contribution in [0.1, 0.15) is 5.56 Å². The van der Waals surface area contributed by atoms with Crippen molar-refractivity contribution in [3.05, 3.63) is 44.9 Å². The van der Waals surface area contributed by atoms with Gasteiger partial charge in [0, 0.05) is 13.1 Å². The molecule has 0 spiro atoms. The van der Waals surface area contributed by atoms with E-state index in [0.29, 0.717) is 19.7 Å². The van der Waals surface area contributed by atoms with Crippen LogP contribution in [0.4, 0.5) is 4.79 Å². The summed E-state index contributed by atoms with van der Waals surface area (Å²) >= 11 is 6.64. The van der Waals surface area contributed by atoms with Gasteiger partial charge in [0.2, 0.25) is 0 Å². The first kappa shape index (κ1) is 12.6. The molecule has 0 unspecified atom stereocenters. The van der Waals surface area contributed by atoms with Crippen LogP contribution in [0, 0.1) is 0 Å². The zero-order valence-corrected chi connectivity index (χ0v) is 12.2. The van der Waals surface area contributed by atoms with E-state index in [1.807, 2.05) is 30.3 Å². The molecule has 3 nitrogen and oxygen atoms in total. The number of benzene rings is 1. The van der Waals surface area contributed by atoms with Gasteiger partial charge in [0.1, 0.15) is 6.61 Å². The summed E-state index contributed by atoms with van der Waals surface area (Å²) in [5.41, 5.74) is 2.17. The number of carbonyl (C=O) groups is 1. The van der Waals surface area contributed by atoms with E-state index in [2.05, 4.69) is 31.9 Å². The molecule has 2 rings (SSSR count). The fourth-order valence-electron chi connectivity index (χ4n) is 1.47. The fraction of sp³-hybridized carbons (Fsp3) is 0.250. The lowest BCUT2D eigenvalue weighted by Crippen LogP contribution is -2.44. The highest BCUT2D eigenvalue weighted by Crippen LogP contribution is 2.27. The molecular weight excluding hydrogens is 350 g/mol. The summed E-state index contributed by atoms with van der Waals surface area (Å²) in [5, 5.41) is 0. The molecule has 0 aromatic heterocycles. The van der Waals surface area contributed by atoms with Crippen molar-refractivity contribution in [1.29, 1.82) is 0 Å². The summed E-state index contributed by atoms with van der Waals surface area (Å²) in [4.78, 5) is 13.3. The van der Waals surface area contributed by atoms with Gasteiger partial charge in [0.05, 0.1) is 3.39 Å². The SMILES string of the molecule is O=C(OCc1ccccc1)N1CC(=C(Br)Br)C1. The second kappa shape index (κ2) is 5.69. The van der Waals surface area contributed by atoms with E-state index in [-0.39, 0.29) is 6.09 Å². The number of nitrogens with zero attached hydrogens (tertiary/aromatic N) is 1. The molecule has 1 amide bonds. The van der Waals surface area contributed by atoms with Crippen molar-refractivity contribution >= 4 is 38.0 Å². The summed E-state index contributed by atoms with van der Waals surface area (Å²) in [6.45, 7) is 1.57. The van der Waals surface area contributed by atoms with E-state index in [9.17, 15) is 4.79 Å². The van der Waals surface area contributed by atoms with Crippen molar-refractivity contribution < 1.29 is 9.53 Å². The molecule has 0 atom stereocenters. The second-order valence-corrected chi connectivity index (χ2v) is 6.41. The molecule has 17 heavy (non-hydrogen) atoms. The average Bonchev–Trinajstić information content (AvgIpc) is 2.25. The van der Waals surface area contributed by atoms with Crippen LogP contribution in [-0.2, 0) is 11.3 Å². The Labute approximate surface area is 117 Å². The van der Waals surface area contributed by atoms with Gasteiger partial charge in [-0.15, -0.1) is 0 Å². The molecule has 1 aromatic rings. The van der Waals surface area contributed by atoms with E-state index in [1.54, 1.807) is 4.90 Å². The Hall–Kier alpha value is -0.810. The molecule has 1 aromatic carbocycles. The van der Waals surface area contributed by atoms with Gasteiger partial charge in [-0.1, -0.05) is 30.3 Å². The number of likely N-dealkylation sites (tertiary alicyclic amines) is 1. The van der Waals surface area contributed by atoms with Crippen molar-refractivity contribution in [3.63, 3.8) is 0 Å². The summed E-state index contributed by atoms with van der Waals surface area (Å²) in [7, 11) is 0. The van der Waals surface area contributed by atoms with E-state index >= 15 is 0 Å². The minimum atomic E-state index is -0.265. The standard InChI is InChI=1S/C12H11Br2NO2/c13-11(14)10-6-15(7-10)12(16)17-8-9-4-2-1-3-5-9/h1-5H,6-8H2. The normalized spacial score (nSPS) is 14.2. The Bertz CT molecular complexity index is 433. The van der Waals surface area contributed by atoms with Gasteiger partial charge in [-0.2, -0.15) is 0 Å². The van der Waals surface area contributed by atoms with Crippen LogP contribution >= 0.6 is 31.9 Å². The molecule has 0 aliphatic carbocycles. The number of halogens is 2. The van der Waals surface area contributed by atoms with Crippen LogP contribution < -0.4 is 0 Å². The third-order valence-corrected chi connectivity index (χ3v) is 3.62. The molecule has 1 heterocycles. The first-order chi connectivity index (χ1) is 8.16. The highest BCUT2D eigenvalue weighted by molar-refractivity contribution is 9.28. The molecule has 5 heteroatoms. The average molecular weight is 361 g/mol. The Kier molecular flexibility index (Phi) is 4.23. The number of hydrogen-bond acceptors (Lipinski definition) is 2. The van der Waals surface area contributed by atoms with Crippen molar-refractivity contribution in [2.45, 2.75) is 6.61 Å². The number of ether oxygens (including phenoxy) is 1. The Morgan fingerprint density at radius 2 is 1.88 bits per heavy atom. The zero-order valence-electron chi connectivity index (χ0n) is 9.03. The molecule has 90 valence electrons. The summed E-state index contributed by atoms with van der Waals surface area (Å²) in [6.07, 6.45) is -0.265. The van der Waals surface area contributed by atoms with Crippen molar-refractivity contribution in [2.24, 2.45) is 0 Å². The molecule has 1 aliphatic rings. The van der Waals surface area contributed by atoms with Gasteiger partial charge in [-0.25, -0.2) is 4.79 Å². The highest BCUT2D eigenvalue weighted by atomic mass is 79.9. The van der Waals surface area contributed by atoms with E-state index in [0.717, 1.165) is 8.96 Å². The van der Waals surface area contributed by atoms with Crippen LogP contribution in [0.3, 0.4) is 0 Å². The molecule has 0 bridgehead atoms. The first-order valence-electron chi connectivity index (χ1n) is 5.15.